The maximum absolute atomic E-state index is 9.14. The Morgan fingerprint density at radius 2 is 1.87 bits per heavy atom. The predicted octanol–water partition coefficient (Wildman–Crippen LogP) is 0.870. The number of nitrogens with two attached hydrogens (primary N) is 1. The molecule has 0 spiro atoms. The molecule has 3 N–H and O–H groups in total. The molecule has 0 heterocycles. The summed E-state index contributed by atoms with van der Waals surface area (Å²) >= 11 is 0. The van der Waals surface area contributed by atoms with Crippen LogP contribution < -0.4 is 15.2 Å². The van der Waals surface area contributed by atoms with Crippen LogP contribution in [0.15, 0.2) is 18.2 Å². The Morgan fingerprint density at radius 1 is 1.27 bits per heavy atom. The predicted molar refractivity (Wildman–Crippen MR) is 58.2 cm³/mol. The molecule has 0 aromatic heterocycles. The summed E-state index contributed by atoms with van der Waals surface area (Å²) in [5.41, 5.74) is 5.95. The van der Waals surface area contributed by atoms with Crippen molar-refractivity contribution in [2.45, 2.75) is 12.5 Å². The van der Waals surface area contributed by atoms with Gasteiger partial charge in [0.1, 0.15) is 0 Å². The summed E-state index contributed by atoms with van der Waals surface area (Å²) in [6.45, 7) is 1.64. The Morgan fingerprint density at radius 3 is 2.33 bits per heavy atom. The summed E-state index contributed by atoms with van der Waals surface area (Å²) in [4.78, 5) is 0. The topological polar surface area (TPSA) is 64.7 Å². The zero-order chi connectivity index (χ0) is 11.5. The Bertz CT molecular complexity index is 337. The third-order valence-corrected chi connectivity index (χ3v) is 2.37. The van der Waals surface area contributed by atoms with Crippen LogP contribution in [0.1, 0.15) is 12.5 Å². The van der Waals surface area contributed by atoms with E-state index in [1.54, 1.807) is 33.3 Å². The second kappa shape index (κ2) is 4.51. The van der Waals surface area contributed by atoms with Crippen LogP contribution >= 0.6 is 0 Å². The second-order valence-electron chi connectivity index (χ2n) is 3.65. The van der Waals surface area contributed by atoms with Crippen molar-refractivity contribution in [3.63, 3.8) is 0 Å². The highest BCUT2D eigenvalue weighted by Gasteiger charge is 2.21. The SMILES string of the molecule is COc1ccc(C(C)(N)CO)cc1OC. The van der Waals surface area contributed by atoms with Crippen LogP contribution in [0.25, 0.3) is 0 Å². The summed E-state index contributed by atoms with van der Waals surface area (Å²) < 4.78 is 10.3. The van der Waals surface area contributed by atoms with Crippen LogP contribution in [0, 0.1) is 0 Å². The first-order valence-electron chi connectivity index (χ1n) is 4.67. The number of ether oxygens (including phenoxy) is 2. The monoisotopic (exact) mass is 211 g/mol. The minimum absolute atomic E-state index is 0.123. The quantitative estimate of drug-likeness (QED) is 0.775. The van der Waals surface area contributed by atoms with Crippen molar-refractivity contribution in [2.24, 2.45) is 5.73 Å². The molecular weight excluding hydrogens is 194 g/mol. The van der Waals surface area contributed by atoms with Gasteiger partial charge in [-0.2, -0.15) is 0 Å². The summed E-state index contributed by atoms with van der Waals surface area (Å²) in [6.07, 6.45) is 0. The van der Waals surface area contributed by atoms with E-state index in [1.807, 2.05) is 6.07 Å². The van der Waals surface area contributed by atoms with Crippen molar-refractivity contribution >= 4 is 0 Å². The lowest BCUT2D eigenvalue weighted by atomic mass is 9.94. The largest absolute Gasteiger partial charge is 0.493 e. The molecule has 4 heteroatoms. The van der Waals surface area contributed by atoms with Crippen LogP contribution in [0.3, 0.4) is 0 Å². The molecule has 0 fully saturated rings. The van der Waals surface area contributed by atoms with E-state index in [4.69, 9.17) is 20.3 Å². The molecule has 0 aliphatic heterocycles. The molecule has 0 saturated carbocycles. The summed E-state index contributed by atoms with van der Waals surface area (Å²) in [6, 6.07) is 5.36. The van der Waals surface area contributed by atoms with Crippen LogP contribution in [0.2, 0.25) is 0 Å². The number of rotatable bonds is 4. The number of methoxy groups -OCH3 is 2. The van der Waals surface area contributed by atoms with Crippen molar-refractivity contribution in [1.82, 2.24) is 0 Å². The molecule has 15 heavy (non-hydrogen) atoms. The van der Waals surface area contributed by atoms with Crippen LogP contribution in [-0.4, -0.2) is 25.9 Å². The van der Waals surface area contributed by atoms with E-state index in [1.165, 1.54) is 0 Å². The summed E-state index contributed by atoms with van der Waals surface area (Å²) in [5, 5.41) is 9.14. The highest BCUT2D eigenvalue weighted by molar-refractivity contribution is 5.44. The first-order chi connectivity index (χ1) is 7.05. The molecular formula is C11H17NO3. The molecule has 0 bridgehead atoms. The molecule has 1 aromatic carbocycles. The Kier molecular flexibility index (Phi) is 3.55. The molecule has 0 aliphatic carbocycles. The molecule has 1 rings (SSSR count). The maximum Gasteiger partial charge on any atom is 0.161 e. The third-order valence-electron chi connectivity index (χ3n) is 2.37. The fraction of sp³-hybridized carbons (Fsp3) is 0.455. The normalized spacial score (nSPS) is 14.5. The zero-order valence-corrected chi connectivity index (χ0v) is 9.28. The van der Waals surface area contributed by atoms with Crippen LogP contribution in [0.5, 0.6) is 11.5 Å². The Balaban J connectivity index is 3.13. The van der Waals surface area contributed by atoms with Gasteiger partial charge in [0.25, 0.3) is 0 Å². The van der Waals surface area contributed by atoms with E-state index < -0.39 is 5.54 Å². The maximum atomic E-state index is 9.14. The van der Waals surface area contributed by atoms with E-state index in [0.717, 1.165) is 5.56 Å². The molecule has 0 radical (unpaired) electrons. The number of benzene rings is 1. The molecule has 84 valence electrons. The molecule has 1 unspecified atom stereocenters. The van der Waals surface area contributed by atoms with Crippen molar-refractivity contribution in [3.8, 4) is 11.5 Å². The van der Waals surface area contributed by atoms with Gasteiger partial charge in [-0.1, -0.05) is 6.07 Å². The summed E-state index contributed by atoms with van der Waals surface area (Å²) in [5.74, 6) is 1.26. The van der Waals surface area contributed by atoms with Crippen molar-refractivity contribution in [3.05, 3.63) is 23.8 Å². The van der Waals surface area contributed by atoms with Gasteiger partial charge in [0.2, 0.25) is 0 Å². The lowest BCUT2D eigenvalue weighted by Gasteiger charge is -2.23. The number of hydrogen-bond acceptors (Lipinski definition) is 4. The van der Waals surface area contributed by atoms with Gasteiger partial charge in [0.05, 0.1) is 26.4 Å². The minimum Gasteiger partial charge on any atom is -0.493 e. The molecule has 0 saturated heterocycles. The second-order valence-corrected chi connectivity index (χ2v) is 3.65. The highest BCUT2D eigenvalue weighted by atomic mass is 16.5. The van der Waals surface area contributed by atoms with E-state index in [2.05, 4.69) is 0 Å². The minimum atomic E-state index is -0.764. The lowest BCUT2D eigenvalue weighted by Crippen LogP contribution is -2.36. The van der Waals surface area contributed by atoms with Gasteiger partial charge < -0.3 is 20.3 Å². The fourth-order valence-corrected chi connectivity index (χ4v) is 1.28. The van der Waals surface area contributed by atoms with Gasteiger partial charge in [0.15, 0.2) is 11.5 Å². The number of hydrogen-bond donors (Lipinski definition) is 2. The van der Waals surface area contributed by atoms with Gasteiger partial charge in [-0.05, 0) is 24.6 Å². The standard InChI is InChI=1S/C11H17NO3/c1-11(12,7-13)8-4-5-9(14-2)10(6-8)15-3/h4-6,13H,7,12H2,1-3H3. The lowest BCUT2D eigenvalue weighted by molar-refractivity contribution is 0.209. The van der Waals surface area contributed by atoms with E-state index in [9.17, 15) is 0 Å². The van der Waals surface area contributed by atoms with Gasteiger partial charge >= 0.3 is 0 Å². The fourth-order valence-electron chi connectivity index (χ4n) is 1.28. The summed E-state index contributed by atoms with van der Waals surface area (Å²) in [7, 11) is 3.14. The van der Waals surface area contributed by atoms with Gasteiger partial charge in [-0.15, -0.1) is 0 Å². The Labute approximate surface area is 89.6 Å². The number of aliphatic hydroxyl groups is 1. The van der Waals surface area contributed by atoms with Gasteiger partial charge in [-0.3, -0.25) is 0 Å². The Hall–Kier alpha value is -1.26. The number of aliphatic hydroxyl groups excluding tert-OH is 1. The first kappa shape index (κ1) is 11.8. The average Bonchev–Trinajstić information content (AvgIpc) is 2.28. The third kappa shape index (κ3) is 2.40. The van der Waals surface area contributed by atoms with Crippen LogP contribution in [-0.2, 0) is 5.54 Å². The van der Waals surface area contributed by atoms with Crippen molar-refractivity contribution in [1.29, 1.82) is 0 Å². The van der Waals surface area contributed by atoms with Crippen molar-refractivity contribution < 1.29 is 14.6 Å². The molecule has 4 nitrogen and oxygen atoms in total. The zero-order valence-electron chi connectivity index (χ0n) is 9.28. The van der Waals surface area contributed by atoms with Gasteiger partial charge in [0, 0.05) is 0 Å². The van der Waals surface area contributed by atoms with Gasteiger partial charge in [-0.25, -0.2) is 0 Å². The molecule has 0 amide bonds. The van der Waals surface area contributed by atoms with E-state index >= 15 is 0 Å². The first-order valence-corrected chi connectivity index (χ1v) is 4.67. The average molecular weight is 211 g/mol. The van der Waals surface area contributed by atoms with Crippen LogP contribution in [0.4, 0.5) is 0 Å². The highest BCUT2D eigenvalue weighted by Crippen LogP contribution is 2.30. The molecule has 1 aromatic rings. The molecule has 1 atom stereocenters. The smallest absolute Gasteiger partial charge is 0.161 e. The van der Waals surface area contributed by atoms with E-state index in [-0.39, 0.29) is 6.61 Å². The van der Waals surface area contributed by atoms with Crippen molar-refractivity contribution in [2.75, 3.05) is 20.8 Å². The molecule has 0 aliphatic rings. The van der Waals surface area contributed by atoms with E-state index in [0.29, 0.717) is 11.5 Å².